The van der Waals surface area contributed by atoms with E-state index in [2.05, 4.69) is 9.97 Å². The van der Waals surface area contributed by atoms with E-state index in [4.69, 9.17) is 11.6 Å². The minimum atomic E-state index is 0.425. The predicted octanol–water partition coefficient (Wildman–Crippen LogP) is 2.22. The fourth-order valence-corrected chi connectivity index (χ4v) is 2.06. The quantitative estimate of drug-likeness (QED) is 0.696. The van der Waals surface area contributed by atoms with Crippen molar-refractivity contribution in [1.82, 2.24) is 14.6 Å². The normalized spacial score (nSPS) is 10.7. The van der Waals surface area contributed by atoms with Crippen LogP contribution in [-0.4, -0.2) is 14.6 Å². The molecule has 4 N–H and O–H groups in total. The first-order chi connectivity index (χ1) is 9.66. The Morgan fingerprint density at radius 1 is 1.00 bits per heavy atom. The molecule has 0 fully saturated rings. The van der Waals surface area contributed by atoms with Crippen molar-refractivity contribution in [3.63, 3.8) is 0 Å². The highest BCUT2D eigenvalue weighted by Gasteiger charge is 2.15. The van der Waals surface area contributed by atoms with Gasteiger partial charge < -0.3 is 11.6 Å². The van der Waals surface area contributed by atoms with E-state index in [1.54, 1.807) is 6.20 Å². The number of nitrogen functional groups attached to an aromatic ring is 2. The summed E-state index contributed by atoms with van der Waals surface area (Å²) in [7, 11) is 0. The average molecular weight is 265 g/mol. The summed E-state index contributed by atoms with van der Waals surface area (Å²) >= 11 is 0. The molecular weight excluding hydrogens is 250 g/mol. The van der Waals surface area contributed by atoms with Gasteiger partial charge in [-0.2, -0.15) is 0 Å². The Kier molecular flexibility index (Phi) is 2.87. The molecule has 0 saturated heterocycles. The Balaban J connectivity index is 2.13. The minimum Gasteiger partial charge on any atom is -0.382 e. The standard InChI is InChI=1S/C15H15N5/c1-10-7-8-12(9-18-10)13-14(16)20(17)15(19-13)11-5-3-2-4-6-11/h2-9H,16-17H2,1H3. The first-order valence-corrected chi connectivity index (χ1v) is 6.28. The highest BCUT2D eigenvalue weighted by molar-refractivity contribution is 5.75. The Hall–Kier alpha value is -2.82. The monoisotopic (exact) mass is 265 g/mol. The third-order valence-corrected chi connectivity index (χ3v) is 3.16. The molecule has 5 heteroatoms. The maximum atomic E-state index is 6.06. The molecule has 0 spiro atoms. The van der Waals surface area contributed by atoms with E-state index < -0.39 is 0 Å². The van der Waals surface area contributed by atoms with Crippen LogP contribution in [0.2, 0.25) is 0 Å². The van der Waals surface area contributed by atoms with E-state index in [1.165, 1.54) is 4.68 Å². The summed E-state index contributed by atoms with van der Waals surface area (Å²) in [6.45, 7) is 1.93. The van der Waals surface area contributed by atoms with Gasteiger partial charge in [0.1, 0.15) is 5.69 Å². The molecule has 100 valence electrons. The number of anilines is 1. The third kappa shape index (κ3) is 1.99. The minimum absolute atomic E-state index is 0.425. The second kappa shape index (κ2) is 4.70. The number of hydrogen-bond donors (Lipinski definition) is 2. The molecule has 1 aromatic carbocycles. The molecule has 2 heterocycles. The second-order valence-electron chi connectivity index (χ2n) is 4.59. The summed E-state index contributed by atoms with van der Waals surface area (Å²) in [4.78, 5) is 8.82. The summed E-state index contributed by atoms with van der Waals surface area (Å²) < 4.78 is 1.41. The number of hydrogen-bond acceptors (Lipinski definition) is 4. The lowest BCUT2D eigenvalue weighted by Gasteiger charge is -2.02. The zero-order chi connectivity index (χ0) is 14.1. The maximum Gasteiger partial charge on any atom is 0.160 e. The molecule has 0 aliphatic rings. The molecule has 0 aliphatic carbocycles. The Morgan fingerprint density at radius 2 is 1.75 bits per heavy atom. The first-order valence-electron chi connectivity index (χ1n) is 6.28. The number of nitrogens with zero attached hydrogens (tertiary/aromatic N) is 3. The number of aromatic nitrogens is 3. The van der Waals surface area contributed by atoms with Crippen LogP contribution in [0.1, 0.15) is 5.69 Å². The van der Waals surface area contributed by atoms with Gasteiger partial charge in [-0.3, -0.25) is 4.98 Å². The van der Waals surface area contributed by atoms with Gasteiger partial charge in [0.15, 0.2) is 11.6 Å². The molecule has 0 unspecified atom stereocenters. The van der Waals surface area contributed by atoms with Gasteiger partial charge in [0.05, 0.1) is 0 Å². The second-order valence-corrected chi connectivity index (χ2v) is 4.59. The number of nitrogens with two attached hydrogens (primary N) is 2. The van der Waals surface area contributed by atoms with E-state index in [0.717, 1.165) is 16.8 Å². The van der Waals surface area contributed by atoms with Crippen molar-refractivity contribution in [3.05, 3.63) is 54.4 Å². The summed E-state index contributed by atoms with van der Waals surface area (Å²) in [5, 5.41) is 0. The Labute approximate surface area is 116 Å². The van der Waals surface area contributed by atoms with Gasteiger partial charge in [0.25, 0.3) is 0 Å². The molecular formula is C15H15N5. The average Bonchev–Trinajstić information content (AvgIpc) is 2.77. The van der Waals surface area contributed by atoms with E-state index in [1.807, 2.05) is 49.4 Å². The van der Waals surface area contributed by atoms with Crippen LogP contribution in [0.4, 0.5) is 5.82 Å². The summed E-state index contributed by atoms with van der Waals surface area (Å²) in [6, 6.07) is 13.6. The molecule has 0 aliphatic heterocycles. The smallest absolute Gasteiger partial charge is 0.160 e. The van der Waals surface area contributed by atoms with Crippen LogP contribution >= 0.6 is 0 Å². The number of benzene rings is 1. The molecule has 20 heavy (non-hydrogen) atoms. The van der Waals surface area contributed by atoms with Gasteiger partial charge in [-0.15, -0.1) is 0 Å². The van der Waals surface area contributed by atoms with E-state index in [-0.39, 0.29) is 0 Å². The molecule has 0 bridgehead atoms. The SMILES string of the molecule is Cc1ccc(-c2nc(-c3ccccc3)n(N)c2N)cn1. The van der Waals surface area contributed by atoms with Crippen LogP contribution in [-0.2, 0) is 0 Å². The molecule has 0 saturated carbocycles. The highest BCUT2D eigenvalue weighted by Crippen LogP contribution is 2.28. The Morgan fingerprint density at radius 3 is 2.40 bits per heavy atom. The van der Waals surface area contributed by atoms with Gasteiger partial charge in [-0.1, -0.05) is 30.3 Å². The van der Waals surface area contributed by atoms with Crippen LogP contribution in [0.3, 0.4) is 0 Å². The summed E-state index contributed by atoms with van der Waals surface area (Å²) in [5.74, 6) is 7.07. The summed E-state index contributed by atoms with van der Waals surface area (Å²) in [6.07, 6.45) is 1.75. The molecule has 5 nitrogen and oxygen atoms in total. The topological polar surface area (TPSA) is 82.8 Å². The van der Waals surface area contributed by atoms with Gasteiger partial charge in [0, 0.05) is 23.0 Å². The van der Waals surface area contributed by atoms with Crippen molar-refractivity contribution < 1.29 is 0 Å². The lowest BCUT2D eigenvalue weighted by molar-refractivity contribution is 1.02. The molecule has 0 amide bonds. The molecule has 3 rings (SSSR count). The van der Waals surface area contributed by atoms with Crippen molar-refractivity contribution in [2.75, 3.05) is 11.6 Å². The fraction of sp³-hybridized carbons (Fsp3) is 0.0667. The zero-order valence-corrected chi connectivity index (χ0v) is 11.1. The fourth-order valence-electron chi connectivity index (χ4n) is 2.06. The van der Waals surface area contributed by atoms with Crippen LogP contribution in [0, 0.1) is 6.92 Å². The lowest BCUT2D eigenvalue weighted by atomic mass is 10.2. The van der Waals surface area contributed by atoms with Crippen LogP contribution < -0.4 is 11.6 Å². The van der Waals surface area contributed by atoms with Crippen molar-refractivity contribution in [3.8, 4) is 22.6 Å². The van der Waals surface area contributed by atoms with Gasteiger partial charge in [0.2, 0.25) is 0 Å². The van der Waals surface area contributed by atoms with Crippen molar-refractivity contribution in [1.29, 1.82) is 0 Å². The number of pyridine rings is 1. The zero-order valence-electron chi connectivity index (χ0n) is 11.1. The number of imidazole rings is 1. The molecule has 0 radical (unpaired) electrons. The van der Waals surface area contributed by atoms with Crippen molar-refractivity contribution in [2.24, 2.45) is 0 Å². The van der Waals surface area contributed by atoms with Crippen molar-refractivity contribution in [2.45, 2.75) is 6.92 Å². The number of rotatable bonds is 2. The molecule has 2 aromatic heterocycles. The predicted molar refractivity (Wildman–Crippen MR) is 80.2 cm³/mol. The van der Waals surface area contributed by atoms with Crippen LogP contribution in [0.5, 0.6) is 0 Å². The van der Waals surface area contributed by atoms with E-state index in [0.29, 0.717) is 17.3 Å². The highest BCUT2D eigenvalue weighted by atomic mass is 15.4. The van der Waals surface area contributed by atoms with Crippen LogP contribution in [0.15, 0.2) is 48.7 Å². The lowest BCUT2D eigenvalue weighted by Crippen LogP contribution is -2.13. The largest absolute Gasteiger partial charge is 0.382 e. The van der Waals surface area contributed by atoms with Gasteiger partial charge >= 0.3 is 0 Å². The van der Waals surface area contributed by atoms with Gasteiger partial charge in [-0.25, -0.2) is 9.66 Å². The Bertz CT molecular complexity index is 729. The summed E-state index contributed by atoms with van der Waals surface area (Å²) in [5.41, 5.74) is 9.44. The number of aryl methyl sites for hydroxylation is 1. The van der Waals surface area contributed by atoms with Gasteiger partial charge in [-0.05, 0) is 19.1 Å². The third-order valence-electron chi connectivity index (χ3n) is 3.16. The van der Waals surface area contributed by atoms with Crippen LogP contribution in [0.25, 0.3) is 22.6 Å². The maximum absolute atomic E-state index is 6.06. The molecule has 3 aromatic rings. The van der Waals surface area contributed by atoms with E-state index in [9.17, 15) is 0 Å². The van der Waals surface area contributed by atoms with E-state index >= 15 is 0 Å². The molecule has 0 atom stereocenters. The first kappa shape index (κ1) is 12.2. The van der Waals surface area contributed by atoms with Crippen molar-refractivity contribution >= 4 is 5.82 Å².